The molecule has 0 aliphatic heterocycles. The van der Waals surface area contributed by atoms with Gasteiger partial charge in [0.15, 0.2) is 0 Å². The summed E-state index contributed by atoms with van der Waals surface area (Å²) in [5, 5.41) is 0. The SMILES string of the molecule is O=S(=O)(CCCc1ccccc1)NCc1ccc(F)cc1F. The highest BCUT2D eigenvalue weighted by molar-refractivity contribution is 7.89. The van der Waals surface area contributed by atoms with E-state index in [4.69, 9.17) is 0 Å². The van der Waals surface area contributed by atoms with Crippen LogP contribution in [0.2, 0.25) is 0 Å². The standard InChI is InChI=1S/C16H17F2NO2S/c17-15-9-8-14(16(18)11-15)12-19-22(20,21)10-4-7-13-5-2-1-3-6-13/h1-3,5-6,8-9,11,19H,4,7,10,12H2. The molecule has 0 aliphatic carbocycles. The topological polar surface area (TPSA) is 46.2 Å². The molecule has 0 spiro atoms. The highest BCUT2D eigenvalue weighted by atomic mass is 32.2. The number of halogens is 2. The molecule has 0 atom stereocenters. The maximum Gasteiger partial charge on any atom is 0.211 e. The third kappa shape index (κ3) is 5.20. The first-order chi connectivity index (χ1) is 10.5. The second-order valence-electron chi connectivity index (χ2n) is 4.96. The molecule has 2 rings (SSSR count). The Morgan fingerprint density at radius 1 is 1.00 bits per heavy atom. The van der Waals surface area contributed by atoms with Crippen LogP contribution in [0.4, 0.5) is 8.78 Å². The number of rotatable bonds is 7. The lowest BCUT2D eigenvalue weighted by Gasteiger charge is -2.08. The predicted molar refractivity (Wildman–Crippen MR) is 81.7 cm³/mol. The molecule has 0 saturated heterocycles. The quantitative estimate of drug-likeness (QED) is 0.850. The third-order valence-corrected chi connectivity index (χ3v) is 4.63. The normalized spacial score (nSPS) is 11.5. The van der Waals surface area contributed by atoms with Gasteiger partial charge in [-0.05, 0) is 24.5 Å². The fourth-order valence-corrected chi connectivity index (χ4v) is 3.08. The van der Waals surface area contributed by atoms with Crippen LogP contribution in [-0.4, -0.2) is 14.2 Å². The Bertz CT molecular complexity index is 718. The van der Waals surface area contributed by atoms with Gasteiger partial charge < -0.3 is 0 Å². The number of aryl methyl sites for hydroxylation is 1. The molecule has 0 amide bonds. The number of nitrogens with one attached hydrogen (secondary N) is 1. The first-order valence-electron chi connectivity index (χ1n) is 6.91. The number of hydrogen-bond donors (Lipinski definition) is 1. The maximum atomic E-state index is 13.4. The van der Waals surface area contributed by atoms with Crippen molar-refractivity contribution >= 4 is 10.0 Å². The minimum absolute atomic E-state index is 0.0370. The Morgan fingerprint density at radius 3 is 2.41 bits per heavy atom. The summed E-state index contributed by atoms with van der Waals surface area (Å²) in [6.45, 7) is -0.181. The van der Waals surface area contributed by atoms with Crippen molar-refractivity contribution in [3.8, 4) is 0 Å². The van der Waals surface area contributed by atoms with E-state index in [1.807, 2.05) is 30.3 Å². The van der Waals surface area contributed by atoms with Gasteiger partial charge in [0.25, 0.3) is 0 Å². The van der Waals surface area contributed by atoms with Crippen molar-refractivity contribution in [1.29, 1.82) is 0 Å². The van der Waals surface area contributed by atoms with Crippen molar-refractivity contribution in [3.63, 3.8) is 0 Å². The first-order valence-corrected chi connectivity index (χ1v) is 8.57. The van der Waals surface area contributed by atoms with Crippen LogP contribution < -0.4 is 4.72 Å². The molecule has 0 heterocycles. The van der Waals surface area contributed by atoms with E-state index < -0.39 is 21.7 Å². The predicted octanol–water partition coefficient (Wildman–Crippen LogP) is 3.02. The number of hydrogen-bond acceptors (Lipinski definition) is 2. The third-order valence-electron chi connectivity index (χ3n) is 3.22. The summed E-state index contributed by atoms with van der Waals surface area (Å²) < 4.78 is 52.3. The smallest absolute Gasteiger partial charge is 0.211 e. The molecule has 0 bridgehead atoms. The summed E-state index contributed by atoms with van der Waals surface area (Å²) in [6, 6.07) is 12.7. The van der Waals surface area contributed by atoms with Crippen LogP contribution in [-0.2, 0) is 23.0 Å². The Hall–Kier alpha value is -1.79. The van der Waals surface area contributed by atoms with Crippen LogP contribution in [0.5, 0.6) is 0 Å². The molecular weight excluding hydrogens is 308 g/mol. The van der Waals surface area contributed by atoms with Crippen molar-refractivity contribution in [3.05, 3.63) is 71.3 Å². The summed E-state index contributed by atoms with van der Waals surface area (Å²) in [6.07, 6.45) is 1.14. The Labute approximate surface area is 129 Å². The van der Waals surface area contributed by atoms with E-state index in [0.29, 0.717) is 12.8 Å². The molecule has 118 valence electrons. The van der Waals surface area contributed by atoms with E-state index in [-0.39, 0.29) is 17.9 Å². The zero-order valence-electron chi connectivity index (χ0n) is 11.9. The number of benzene rings is 2. The molecule has 0 aliphatic rings. The molecule has 0 unspecified atom stereocenters. The van der Waals surface area contributed by atoms with Crippen LogP contribution in [0.25, 0.3) is 0 Å². The minimum Gasteiger partial charge on any atom is -0.212 e. The van der Waals surface area contributed by atoms with Gasteiger partial charge >= 0.3 is 0 Å². The fourth-order valence-electron chi connectivity index (χ4n) is 2.04. The molecule has 0 aromatic heterocycles. The minimum atomic E-state index is -3.49. The lowest BCUT2D eigenvalue weighted by molar-refractivity contribution is 0.561. The van der Waals surface area contributed by atoms with Crippen molar-refractivity contribution in [2.45, 2.75) is 19.4 Å². The molecular formula is C16H17F2NO2S. The Balaban J connectivity index is 1.83. The number of sulfonamides is 1. The molecule has 0 fully saturated rings. The van der Waals surface area contributed by atoms with Crippen LogP contribution in [0.15, 0.2) is 48.5 Å². The molecule has 0 radical (unpaired) electrons. The van der Waals surface area contributed by atoms with Crippen LogP contribution in [0.1, 0.15) is 17.5 Å². The van der Waals surface area contributed by atoms with E-state index in [2.05, 4.69) is 4.72 Å². The lowest BCUT2D eigenvalue weighted by atomic mass is 10.1. The summed E-state index contributed by atoms with van der Waals surface area (Å²) in [7, 11) is -3.49. The van der Waals surface area contributed by atoms with Gasteiger partial charge in [-0.2, -0.15) is 0 Å². The van der Waals surface area contributed by atoms with Crippen molar-refractivity contribution in [1.82, 2.24) is 4.72 Å². The molecule has 3 nitrogen and oxygen atoms in total. The van der Waals surface area contributed by atoms with Crippen LogP contribution in [0, 0.1) is 11.6 Å². The highest BCUT2D eigenvalue weighted by Gasteiger charge is 2.12. The van der Waals surface area contributed by atoms with E-state index >= 15 is 0 Å². The van der Waals surface area contributed by atoms with E-state index in [1.165, 1.54) is 6.07 Å². The summed E-state index contributed by atoms with van der Waals surface area (Å²) in [4.78, 5) is 0. The highest BCUT2D eigenvalue weighted by Crippen LogP contribution is 2.10. The van der Waals surface area contributed by atoms with Crippen LogP contribution in [0.3, 0.4) is 0 Å². The molecule has 22 heavy (non-hydrogen) atoms. The maximum absolute atomic E-state index is 13.4. The summed E-state index contributed by atoms with van der Waals surface area (Å²) in [5.74, 6) is -1.48. The molecule has 0 saturated carbocycles. The molecule has 2 aromatic rings. The largest absolute Gasteiger partial charge is 0.212 e. The molecule has 1 N–H and O–H groups in total. The van der Waals surface area contributed by atoms with Gasteiger partial charge in [0.1, 0.15) is 11.6 Å². The lowest BCUT2D eigenvalue weighted by Crippen LogP contribution is -2.26. The van der Waals surface area contributed by atoms with Gasteiger partial charge in [-0.15, -0.1) is 0 Å². The first kappa shape index (κ1) is 16.6. The van der Waals surface area contributed by atoms with Gasteiger partial charge in [-0.3, -0.25) is 0 Å². The average Bonchev–Trinajstić information content (AvgIpc) is 2.47. The fraction of sp³-hybridized carbons (Fsp3) is 0.250. The zero-order chi connectivity index (χ0) is 16.0. The second kappa shape index (κ2) is 7.47. The Morgan fingerprint density at radius 2 is 1.73 bits per heavy atom. The molecule has 6 heteroatoms. The molecule has 2 aromatic carbocycles. The second-order valence-corrected chi connectivity index (χ2v) is 6.89. The van der Waals surface area contributed by atoms with Gasteiger partial charge in [0, 0.05) is 18.2 Å². The summed E-state index contributed by atoms with van der Waals surface area (Å²) >= 11 is 0. The average molecular weight is 325 g/mol. The Kier molecular flexibility index (Phi) is 5.63. The van der Waals surface area contributed by atoms with Crippen molar-refractivity contribution < 1.29 is 17.2 Å². The van der Waals surface area contributed by atoms with Gasteiger partial charge in [0.05, 0.1) is 5.75 Å². The van der Waals surface area contributed by atoms with E-state index in [1.54, 1.807) is 0 Å². The monoisotopic (exact) mass is 325 g/mol. The van der Waals surface area contributed by atoms with Gasteiger partial charge in [0.2, 0.25) is 10.0 Å². The summed E-state index contributed by atoms with van der Waals surface area (Å²) in [5.41, 5.74) is 1.19. The van der Waals surface area contributed by atoms with E-state index in [0.717, 1.165) is 17.7 Å². The van der Waals surface area contributed by atoms with Gasteiger partial charge in [-0.25, -0.2) is 21.9 Å². The van der Waals surface area contributed by atoms with Crippen molar-refractivity contribution in [2.75, 3.05) is 5.75 Å². The van der Waals surface area contributed by atoms with E-state index in [9.17, 15) is 17.2 Å². The van der Waals surface area contributed by atoms with Crippen LogP contribution >= 0.6 is 0 Å². The zero-order valence-corrected chi connectivity index (χ0v) is 12.7. The van der Waals surface area contributed by atoms with Gasteiger partial charge in [-0.1, -0.05) is 36.4 Å². The van der Waals surface area contributed by atoms with Crippen molar-refractivity contribution in [2.24, 2.45) is 0 Å².